The van der Waals surface area contributed by atoms with E-state index in [0.29, 0.717) is 35.4 Å². The number of rotatable bonds is 5. The molecule has 0 atom stereocenters. The zero-order valence-electron chi connectivity index (χ0n) is 14.3. The van der Waals surface area contributed by atoms with Crippen LogP contribution in [-0.4, -0.2) is 34.7 Å². The number of nitrogens with one attached hydrogen (secondary N) is 1. The fourth-order valence-corrected chi connectivity index (χ4v) is 3.76. The van der Waals surface area contributed by atoms with Crippen LogP contribution in [0, 0.1) is 0 Å². The molecule has 9 heteroatoms. The van der Waals surface area contributed by atoms with Gasteiger partial charge < -0.3 is 19.5 Å². The molecular formula is C18H16ClNO6S. The number of benzene rings is 2. The summed E-state index contributed by atoms with van der Waals surface area (Å²) >= 11 is 5.79. The largest absolute Gasteiger partial charge is 0.486 e. The minimum Gasteiger partial charge on any atom is -0.486 e. The van der Waals surface area contributed by atoms with Gasteiger partial charge in [-0.2, -0.15) is 0 Å². The van der Waals surface area contributed by atoms with Crippen LogP contribution in [0.4, 0.5) is 5.69 Å². The van der Waals surface area contributed by atoms with Crippen molar-refractivity contribution >= 4 is 33.1 Å². The second-order valence-electron chi connectivity index (χ2n) is 5.46. The van der Waals surface area contributed by atoms with Gasteiger partial charge in [0.25, 0.3) is 0 Å². The predicted molar refractivity (Wildman–Crippen MR) is 99.8 cm³/mol. The summed E-state index contributed by atoms with van der Waals surface area (Å²) in [5.74, 6) is 0.132. The van der Waals surface area contributed by atoms with Crippen LogP contribution in [0.1, 0.15) is 0 Å². The average Bonchev–Trinajstić information content (AvgIpc) is 2.68. The Bertz CT molecular complexity index is 985. The fourth-order valence-electron chi connectivity index (χ4n) is 2.37. The maximum absolute atomic E-state index is 12.8. The monoisotopic (exact) mass is 409 g/mol. The molecule has 0 aromatic heterocycles. The molecular weight excluding hydrogens is 394 g/mol. The number of carbonyl (C=O) groups excluding carboxylic acids is 1. The topological polar surface area (TPSA) is 90.9 Å². The number of carbonyl (C=O) groups is 1. The summed E-state index contributed by atoms with van der Waals surface area (Å²) in [6, 6.07) is 10.5. The highest BCUT2D eigenvalue weighted by atomic mass is 35.5. The Kier molecular flexibility index (Phi) is 5.57. The molecule has 1 aliphatic heterocycles. The highest BCUT2D eigenvalue weighted by Crippen LogP contribution is 2.33. The third-order valence-corrected chi connectivity index (χ3v) is 5.72. The van der Waals surface area contributed by atoms with E-state index in [9.17, 15) is 13.2 Å². The SMILES string of the molecule is COC(=O)/C(=C\Nc1ccc2c(c1)OCCO2)S(=O)(=O)c1ccc(Cl)cc1. The van der Waals surface area contributed by atoms with E-state index in [2.05, 4.69) is 10.1 Å². The Hall–Kier alpha value is -2.71. The molecule has 0 unspecified atom stereocenters. The quantitative estimate of drug-likeness (QED) is 0.599. The van der Waals surface area contributed by atoms with Crippen molar-refractivity contribution in [3.8, 4) is 11.5 Å². The number of hydrogen-bond acceptors (Lipinski definition) is 7. The molecule has 1 heterocycles. The zero-order chi connectivity index (χ0) is 19.4. The Morgan fingerprint density at radius 2 is 1.78 bits per heavy atom. The number of anilines is 1. The molecule has 0 bridgehead atoms. The second kappa shape index (κ2) is 7.89. The van der Waals surface area contributed by atoms with E-state index < -0.39 is 20.7 Å². The lowest BCUT2D eigenvalue weighted by Crippen LogP contribution is -2.17. The van der Waals surface area contributed by atoms with Gasteiger partial charge in [0.1, 0.15) is 13.2 Å². The summed E-state index contributed by atoms with van der Waals surface area (Å²) in [7, 11) is -3.00. The molecule has 27 heavy (non-hydrogen) atoms. The first-order valence-electron chi connectivity index (χ1n) is 7.87. The summed E-state index contributed by atoms with van der Waals surface area (Å²) in [5, 5.41) is 3.18. The van der Waals surface area contributed by atoms with Gasteiger partial charge in [0.2, 0.25) is 9.84 Å². The van der Waals surface area contributed by atoms with Crippen molar-refractivity contribution in [1.29, 1.82) is 0 Å². The van der Waals surface area contributed by atoms with Gasteiger partial charge >= 0.3 is 5.97 Å². The third kappa shape index (κ3) is 4.17. The minimum absolute atomic E-state index is 0.0764. The molecule has 3 rings (SSSR count). The lowest BCUT2D eigenvalue weighted by Gasteiger charge is -2.18. The minimum atomic E-state index is -4.11. The van der Waals surface area contributed by atoms with Crippen molar-refractivity contribution in [1.82, 2.24) is 0 Å². The normalized spacial score (nSPS) is 13.8. The molecule has 0 fully saturated rings. The van der Waals surface area contributed by atoms with Crippen LogP contribution in [0.25, 0.3) is 0 Å². The van der Waals surface area contributed by atoms with Gasteiger partial charge in [0, 0.05) is 23.0 Å². The first-order chi connectivity index (χ1) is 12.9. The van der Waals surface area contributed by atoms with Gasteiger partial charge in [-0.15, -0.1) is 0 Å². The van der Waals surface area contributed by atoms with E-state index in [1.807, 2.05) is 0 Å². The molecule has 0 saturated heterocycles. The van der Waals surface area contributed by atoms with Crippen LogP contribution < -0.4 is 14.8 Å². The van der Waals surface area contributed by atoms with Crippen LogP contribution in [0.2, 0.25) is 5.02 Å². The van der Waals surface area contributed by atoms with Gasteiger partial charge in [0.05, 0.1) is 12.0 Å². The van der Waals surface area contributed by atoms with Crippen LogP contribution in [0.3, 0.4) is 0 Å². The van der Waals surface area contributed by atoms with Crippen molar-refractivity contribution < 1.29 is 27.4 Å². The molecule has 7 nitrogen and oxygen atoms in total. The first kappa shape index (κ1) is 19.1. The van der Waals surface area contributed by atoms with Crippen LogP contribution in [0.15, 0.2) is 58.5 Å². The number of fused-ring (bicyclic) bond motifs is 1. The lowest BCUT2D eigenvalue weighted by atomic mass is 10.2. The molecule has 0 aliphatic carbocycles. The van der Waals surface area contributed by atoms with E-state index in [-0.39, 0.29) is 4.90 Å². The zero-order valence-corrected chi connectivity index (χ0v) is 15.8. The summed E-state index contributed by atoms with van der Waals surface area (Å²) in [6.45, 7) is 0.885. The highest BCUT2D eigenvalue weighted by Gasteiger charge is 2.28. The number of ether oxygens (including phenoxy) is 3. The number of sulfone groups is 1. The predicted octanol–water partition coefficient (Wildman–Crippen LogP) is 3.01. The van der Waals surface area contributed by atoms with Crippen LogP contribution in [-0.2, 0) is 19.4 Å². The summed E-state index contributed by atoms with van der Waals surface area (Å²) in [4.78, 5) is 11.5. The van der Waals surface area contributed by atoms with E-state index in [0.717, 1.165) is 13.3 Å². The number of hydrogen-bond donors (Lipinski definition) is 1. The molecule has 2 aromatic carbocycles. The molecule has 0 radical (unpaired) electrons. The van der Waals surface area contributed by atoms with Crippen molar-refractivity contribution in [3.05, 3.63) is 58.6 Å². The van der Waals surface area contributed by atoms with Crippen molar-refractivity contribution in [2.75, 3.05) is 25.6 Å². The molecule has 2 aromatic rings. The van der Waals surface area contributed by atoms with Gasteiger partial charge in [-0.3, -0.25) is 0 Å². The standard InChI is InChI=1S/C18H16ClNO6S/c1-24-18(21)17(27(22,23)14-5-2-12(19)3-6-14)11-20-13-4-7-15-16(10-13)26-9-8-25-15/h2-7,10-11,20H,8-9H2,1H3/b17-11+. The number of methoxy groups -OCH3 is 1. The molecule has 0 saturated carbocycles. The van der Waals surface area contributed by atoms with Crippen molar-refractivity contribution in [2.24, 2.45) is 0 Å². The van der Waals surface area contributed by atoms with Crippen molar-refractivity contribution in [2.45, 2.75) is 4.90 Å². The van der Waals surface area contributed by atoms with Gasteiger partial charge in [-0.05, 0) is 36.4 Å². The summed E-state index contributed by atoms with van der Waals surface area (Å²) in [5.41, 5.74) is 0.520. The van der Waals surface area contributed by atoms with Crippen LogP contribution in [0.5, 0.6) is 11.5 Å². The first-order valence-corrected chi connectivity index (χ1v) is 9.73. The average molecular weight is 410 g/mol. The third-order valence-electron chi connectivity index (χ3n) is 3.71. The Labute approximate surface area is 161 Å². The lowest BCUT2D eigenvalue weighted by molar-refractivity contribution is -0.135. The second-order valence-corrected chi connectivity index (χ2v) is 7.81. The molecule has 1 N–H and O–H groups in total. The number of esters is 1. The Morgan fingerprint density at radius 1 is 1.11 bits per heavy atom. The van der Waals surface area contributed by atoms with Crippen LogP contribution >= 0.6 is 11.6 Å². The van der Waals surface area contributed by atoms with E-state index in [4.69, 9.17) is 21.1 Å². The smallest absolute Gasteiger partial charge is 0.351 e. The Morgan fingerprint density at radius 3 is 2.44 bits per heavy atom. The maximum Gasteiger partial charge on any atom is 0.351 e. The fraction of sp³-hybridized carbons (Fsp3) is 0.167. The van der Waals surface area contributed by atoms with Crippen molar-refractivity contribution in [3.63, 3.8) is 0 Å². The molecule has 0 amide bonds. The van der Waals surface area contributed by atoms with E-state index >= 15 is 0 Å². The highest BCUT2D eigenvalue weighted by molar-refractivity contribution is 7.96. The molecule has 142 valence electrons. The summed E-state index contributed by atoms with van der Waals surface area (Å²) < 4.78 is 41.1. The molecule has 1 aliphatic rings. The van der Waals surface area contributed by atoms with Gasteiger partial charge in [-0.1, -0.05) is 11.6 Å². The van der Waals surface area contributed by atoms with Gasteiger partial charge in [0.15, 0.2) is 16.4 Å². The van der Waals surface area contributed by atoms with Gasteiger partial charge in [-0.25, -0.2) is 13.2 Å². The van der Waals surface area contributed by atoms with E-state index in [1.54, 1.807) is 18.2 Å². The maximum atomic E-state index is 12.8. The number of halogens is 1. The molecule has 0 spiro atoms. The Balaban J connectivity index is 1.93. The van der Waals surface area contributed by atoms with E-state index in [1.165, 1.54) is 24.3 Å². The summed E-state index contributed by atoms with van der Waals surface area (Å²) in [6.07, 6.45) is 1.08.